The zero-order chi connectivity index (χ0) is 11.9. The topological polar surface area (TPSA) is 12.9 Å². The highest BCUT2D eigenvalue weighted by Gasteiger charge is 2.01. The summed E-state index contributed by atoms with van der Waals surface area (Å²) in [6, 6.07) is 22.0. The molecule has 3 aromatic carbocycles. The molecule has 0 spiro atoms. The van der Waals surface area contributed by atoms with Crippen molar-refractivity contribution in [3.05, 3.63) is 66.9 Å². The highest BCUT2D eigenvalue weighted by molar-refractivity contribution is 6.23. The quantitative estimate of drug-likeness (QED) is 0.314. The second-order valence-corrected chi connectivity index (χ2v) is 4.40. The number of aromatic nitrogens is 1. The van der Waals surface area contributed by atoms with Crippen molar-refractivity contribution in [2.45, 2.75) is 7.43 Å². The van der Waals surface area contributed by atoms with Gasteiger partial charge in [0.05, 0.1) is 0 Å². The molecule has 0 atom stereocenters. The second kappa shape index (κ2) is 4.36. The normalized spacial score (nSPS) is 10.7. The summed E-state index contributed by atoms with van der Waals surface area (Å²) in [6.07, 6.45) is 1.84. The summed E-state index contributed by atoms with van der Waals surface area (Å²) in [5, 5.41) is 6.05. The van der Waals surface area contributed by atoms with E-state index in [1.165, 1.54) is 21.5 Å². The van der Waals surface area contributed by atoms with Gasteiger partial charge in [0.25, 0.3) is 0 Å². The summed E-state index contributed by atoms with van der Waals surface area (Å²) < 4.78 is 0. The van der Waals surface area contributed by atoms with E-state index in [2.05, 4.69) is 47.4 Å². The molecule has 0 saturated carbocycles. The van der Waals surface area contributed by atoms with Crippen molar-refractivity contribution < 1.29 is 0 Å². The van der Waals surface area contributed by atoms with Crippen LogP contribution < -0.4 is 0 Å². The van der Waals surface area contributed by atoms with Gasteiger partial charge in [-0.1, -0.05) is 48.5 Å². The van der Waals surface area contributed by atoms with E-state index in [1.54, 1.807) is 0 Å². The Labute approximate surface area is 112 Å². The van der Waals surface area contributed by atoms with Gasteiger partial charge in [-0.05, 0) is 22.4 Å². The van der Waals surface area contributed by atoms with Crippen molar-refractivity contribution in [1.29, 1.82) is 0 Å². The molecule has 4 aromatic rings. The Hall–Kier alpha value is -2.41. The van der Waals surface area contributed by atoms with Gasteiger partial charge in [0, 0.05) is 6.20 Å². The summed E-state index contributed by atoms with van der Waals surface area (Å²) in [5.74, 6) is 0. The first-order valence-corrected chi connectivity index (χ1v) is 6.01. The summed E-state index contributed by atoms with van der Waals surface area (Å²) in [5.41, 5.74) is 1.03. The fraction of sp³-hybridized carbons (Fsp3) is 0.0556. The van der Waals surface area contributed by atoms with E-state index in [-0.39, 0.29) is 7.43 Å². The van der Waals surface area contributed by atoms with Crippen LogP contribution in [-0.2, 0) is 0 Å². The Morgan fingerprint density at radius 1 is 0.737 bits per heavy atom. The van der Waals surface area contributed by atoms with Crippen molar-refractivity contribution in [3.63, 3.8) is 0 Å². The molecule has 1 nitrogen and oxygen atoms in total. The highest BCUT2D eigenvalue weighted by Crippen LogP contribution is 2.32. The molecule has 0 unspecified atom stereocenters. The van der Waals surface area contributed by atoms with Crippen molar-refractivity contribution in [2.75, 3.05) is 0 Å². The maximum atomic E-state index is 4.53. The molecule has 0 N–H and O–H groups in total. The molecule has 0 aliphatic heterocycles. The average Bonchev–Trinajstić information content (AvgIpc) is 2.48. The Morgan fingerprint density at radius 2 is 1.42 bits per heavy atom. The zero-order valence-electron chi connectivity index (χ0n) is 9.72. The van der Waals surface area contributed by atoms with Crippen LogP contribution in [0.4, 0.5) is 0 Å². The predicted octanol–water partition coefficient (Wildman–Crippen LogP) is 4.98. The molecular weight excluding hydrogens is 230 g/mol. The Bertz CT molecular complexity index is 657. The van der Waals surface area contributed by atoms with Gasteiger partial charge >= 0.3 is 0 Å². The third-order valence-corrected chi connectivity index (χ3v) is 3.41. The third kappa shape index (κ3) is 1.59. The first-order chi connectivity index (χ1) is 8.95. The molecular formula is C18H14N-. The summed E-state index contributed by atoms with van der Waals surface area (Å²) in [7, 11) is 0. The molecule has 0 aliphatic rings. The molecule has 0 amide bonds. The molecule has 0 saturated heterocycles. The van der Waals surface area contributed by atoms with Gasteiger partial charge in [-0.2, -0.15) is 0 Å². The minimum Gasteiger partial charge on any atom is -0.304 e. The van der Waals surface area contributed by atoms with E-state index >= 15 is 0 Å². The molecule has 0 bridgehead atoms. The lowest BCUT2D eigenvalue weighted by Gasteiger charge is -2.14. The van der Waals surface area contributed by atoms with Gasteiger partial charge in [0.2, 0.25) is 0 Å². The number of pyridine rings is 1. The van der Waals surface area contributed by atoms with E-state index in [0.29, 0.717) is 0 Å². The number of rotatable bonds is 0. The summed E-state index contributed by atoms with van der Waals surface area (Å²) >= 11 is 0. The number of hydrogen-bond acceptors (Lipinski definition) is 1. The van der Waals surface area contributed by atoms with Crippen molar-refractivity contribution in [3.8, 4) is 0 Å². The van der Waals surface area contributed by atoms with E-state index in [0.717, 1.165) is 10.9 Å². The molecule has 92 valence electrons. The average molecular weight is 244 g/mol. The van der Waals surface area contributed by atoms with Gasteiger partial charge in [0.1, 0.15) is 0 Å². The summed E-state index contributed by atoms with van der Waals surface area (Å²) in [6.45, 7) is 0. The Morgan fingerprint density at radius 3 is 2.26 bits per heavy atom. The molecule has 0 fully saturated rings. The number of hydrogen-bond donors (Lipinski definition) is 0. The van der Waals surface area contributed by atoms with Crippen molar-refractivity contribution >= 4 is 32.4 Å². The van der Waals surface area contributed by atoms with Gasteiger partial charge in [-0.25, -0.2) is 0 Å². The van der Waals surface area contributed by atoms with Gasteiger partial charge in [-0.3, -0.25) is 0 Å². The lowest BCUT2D eigenvalue weighted by atomic mass is 9.97. The molecule has 1 aromatic heterocycles. The van der Waals surface area contributed by atoms with Crippen LogP contribution in [0, 0.1) is 6.07 Å². The standard InChI is InChI=1S/C17H10N.CH4/c1-2-7-14-12(6-1)13-8-3-4-9-15(13)17-16(14)10-5-11-18-17;/h1-8,10-11H;1H4/q-1;. The van der Waals surface area contributed by atoms with Crippen LogP contribution in [-0.4, -0.2) is 4.98 Å². The number of fused-ring (bicyclic) bond motifs is 6. The SMILES string of the molecule is C.[c-]1cccc2c1c1ncccc1c1ccccc21. The monoisotopic (exact) mass is 244 g/mol. The minimum absolute atomic E-state index is 0. The molecule has 0 aliphatic carbocycles. The smallest absolute Gasteiger partial charge is 0.0161 e. The minimum atomic E-state index is 0. The van der Waals surface area contributed by atoms with Crippen LogP contribution in [0.2, 0.25) is 0 Å². The molecule has 1 heterocycles. The lowest BCUT2D eigenvalue weighted by molar-refractivity contribution is 1.43. The number of nitrogens with zero attached hydrogens (tertiary/aromatic N) is 1. The van der Waals surface area contributed by atoms with E-state index in [9.17, 15) is 0 Å². The van der Waals surface area contributed by atoms with Gasteiger partial charge in [0.15, 0.2) is 0 Å². The molecule has 0 radical (unpaired) electrons. The van der Waals surface area contributed by atoms with E-state index in [1.807, 2.05) is 24.4 Å². The van der Waals surface area contributed by atoms with Gasteiger partial charge < -0.3 is 4.98 Å². The first-order valence-electron chi connectivity index (χ1n) is 6.01. The first kappa shape index (κ1) is 11.7. The fourth-order valence-electron chi connectivity index (χ4n) is 2.63. The molecule has 4 rings (SSSR count). The van der Waals surface area contributed by atoms with Crippen LogP contribution in [0.5, 0.6) is 0 Å². The van der Waals surface area contributed by atoms with E-state index < -0.39 is 0 Å². The maximum absolute atomic E-state index is 4.53. The largest absolute Gasteiger partial charge is 0.304 e. The second-order valence-electron chi connectivity index (χ2n) is 4.40. The van der Waals surface area contributed by atoms with Crippen molar-refractivity contribution in [1.82, 2.24) is 4.98 Å². The van der Waals surface area contributed by atoms with Crippen molar-refractivity contribution in [2.24, 2.45) is 0 Å². The third-order valence-electron chi connectivity index (χ3n) is 3.41. The van der Waals surface area contributed by atoms with Crippen LogP contribution >= 0.6 is 0 Å². The van der Waals surface area contributed by atoms with Crippen LogP contribution in [0.1, 0.15) is 7.43 Å². The Balaban J connectivity index is 0.00000110. The maximum Gasteiger partial charge on any atom is 0.0161 e. The highest BCUT2D eigenvalue weighted by atomic mass is 14.6. The fourth-order valence-corrected chi connectivity index (χ4v) is 2.63. The zero-order valence-corrected chi connectivity index (χ0v) is 9.72. The number of benzene rings is 3. The lowest BCUT2D eigenvalue weighted by Crippen LogP contribution is -1.84. The van der Waals surface area contributed by atoms with Gasteiger partial charge in [-0.15, -0.1) is 29.7 Å². The van der Waals surface area contributed by atoms with Crippen LogP contribution in [0.25, 0.3) is 32.4 Å². The van der Waals surface area contributed by atoms with E-state index in [4.69, 9.17) is 0 Å². The molecule has 19 heavy (non-hydrogen) atoms. The Kier molecular flexibility index (Phi) is 2.68. The molecule has 1 heteroatoms. The predicted molar refractivity (Wildman–Crippen MR) is 82.3 cm³/mol. The summed E-state index contributed by atoms with van der Waals surface area (Å²) in [4.78, 5) is 4.53. The van der Waals surface area contributed by atoms with Crippen LogP contribution in [0.3, 0.4) is 0 Å². The van der Waals surface area contributed by atoms with Crippen LogP contribution in [0.15, 0.2) is 60.8 Å².